The van der Waals surface area contributed by atoms with Gasteiger partial charge in [0.1, 0.15) is 5.69 Å². The Labute approximate surface area is 252 Å². The topological polar surface area (TPSA) is 83.8 Å². The Hall–Kier alpha value is -4.46. The third-order valence-electron chi connectivity index (χ3n) is 8.07. The Bertz CT molecular complexity index is 1830. The highest BCUT2D eigenvalue weighted by Gasteiger charge is 2.27. The lowest BCUT2D eigenvalue weighted by Gasteiger charge is -2.26. The van der Waals surface area contributed by atoms with Gasteiger partial charge in [0.2, 0.25) is 0 Å². The number of benzene rings is 3. The number of aliphatic imine (C=N–C) groups is 1. The fourth-order valence-corrected chi connectivity index (χ4v) is 5.84. The number of nitrogens with two attached hydrogens (primary N) is 1. The molecule has 0 aromatic heterocycles. The monoisotopic (exact) mass is 582 g/mol. The van der Waals surface area contributed by atoms with Crippen LogP contribution >= 0.6 is 0 Å². The van der Waals surface area contributed by atoms with Crippen LogP contribution < -0.4 is 26.5 Å². The van der Waals surface area contributed by atoms with Crippen molar-refractivity contribution in [1.29, 1.82) is 0 Å². The number of nitrogens with zero attached hydrogens (tertiary/aromatic N) is 3. The Balaban J connectivity index is 0.000000319. The molecule has 0 atom stereocenters. The smallest absolute Gasteiger partial charge is 0.190 e. The number of halogens is 1. The van der Waals surface area contributed by atoms with Gasteiger partial charge in [-0.1, -0.05) is 57.2 Å². The number of hydrogen-bond donors (Lipinski definition) is 3. The van der Waals surface area contributed by atoms with Gasteiger partial charge in [-0.25, -0.2) is 4.39 Å². The molecule has 8 heteroatoms. The van der Waals surface area contributed by atoms with Crippen molar-refractivity contribution in [2.45, 2.75) is 46.0 Å². The minimum Gasteiger partial charge on any atom is -0.451 e. The molecule has 4 N–H and O–H groups in total. The molecule has 0 bridgehead atoms. The number of unbranched alkanes of at least 4 members (excludes halogenated alkanes) is 1. The molecule has 3 aromatic carbocycles. The molecule has 3 aliphatic rings. The fourth-order valence-electron chi connectivity index (χ4n) is 5.84. The normalized spacial score (nSPS) is 14.1. The zero-order chi connectivity index (χ0) is 30.5. The van der Waals surface area contributed by atoms with Crippen molar-refractivity contribution in [3.63, 3.8) is 0 Å². The molecule has 3 heterocycles. The van der Waals surface area contributed by atoms with E-state index >= 15 is 4.39 Å². The Morgan fingerprint density at radius 3 is 2.49 bits per heavy atom. The van der Waals surface area contributed by atoms with E-state index in [0.717, 1.165) is 72.4 Å². The van der Waals surface area contributed by atoms with Gasteiger partial charge in [0.05, 0.1) is 11.2 Å². The molecule has 1 fully saturated rings. The van der Waals surface area contributed by atoms with Crippen LogP contribution in [0.3, 0.4) is 0 Å². The first-order valence-corrected chi connectivity index (χ1v) is 15.3. The van der Waals surface area contributed by atoms with E-state index in [0.29, 0.717) is 33.2 Å². The van der Waals surface area contributed by atoms with E-state index < -0.39 is 0 Å². The summed E-state index contributed by atoms with van der Waals surface area (Å²) in [6, 6.07) is 14.0. The van der Waals surface area contributed by atoms with Gasteiger partial charge >= 0.3 is 0 Å². The number of nitrogens with one attached hydrogen (secondary N) is 2. The molecule has 6 rings (SSSR count). The summed E-state index contributed by atoms with van der Waals surface area (Å²) >= 11 is 0. The fraction of sp³-hybridized carbons (Fsp3) is 0.343. The zero-order valence-corrected chi connectivity index (χ0v) is 25.8. The summed E-state index contributed by atoms with van der Waals surface area (Å²) in [4.78, 5) is 6.07. The van der Waals surface area contributed by atoms with Gasteiger partial charge in [-0.3, -0.25) is 4.99 Å². The van der Waals surface area contributed by atoms with Crippen LogP contribution in [0.5, 0.6) is 0 Å². The number of anilines is 1. The Morgan fingerprint density at radius 2 is 1.84 bits per heavy atom. The van der Waals surface area contributed by atoms with Gasteiger partial charge in [0.15, 0.2) is 22.9 Å². The highest BCUT2D eigenvalue weighted by molar-refractivity contribution is 6.01. The average Bonchev–Trinajstić information content (AvgIpc) is 3.54. The van der Waals surface area contributed by atoms with Crippen molar-refractivity contribution in [2.75, 3.05) is 38.6 Å². The average molecular weight is 583 g/mol. The van der Waals surface area contributed by atoms with Gasteiger partial charge in [0.25, 0.3) is 0 Å². The van der Waals surface area contributed by atoms with Crippen LogP contribution in [0.15, 0.2) is 64.1 Å². The number of guanidine groups is 1. The highest BCUT2D eigenvalue weighted by atomic mass is 19.1. The number of pyridine rings is 1. The molecular formula is C35H43FN6O. The van der Waals surface area contributed by atoms with Crippen LogP contribution in [0.4, 0.5) is 10.1 Å². The number of aromatic nitrogens is 1. The van der Waals surface area contributed by atoms with Crippen LogP contribution in [0, 0.1) is 5.82 Å². The zero-order valence-electron chi connectivity index (χ0n) is 25.8. The summed E-state index contributed by atoms with van der Waals surface area (Å²) in [7, 11) is 3.63. The number of rotatable bonds is 6. The van der Waals surface area contributed by atoms with Crippen LogP contribution in [-0.4, -0.2) is 44.3 Å². The maximum Gasteiger partial charge on any atom is 0.190 e. The lowest BCUT2D eigenvalue weighted by atomic mass is 10.0. The lowest BCUT2D eigenvalue weighted by Crippen LogP contribution is -2.35. The van der Waals surface area contributed by atoms with E-state index in [9.17, 15) is 0 Å². The summed E-state index contributed by atoms with van der Waals surface area (Å²) in [6.45, 7) is 11.2. The quantitative estimate of drug-likeness (QED) is 0.0683. The summed E-state index contributed by atoms with van der Waals surface area (Å²) in [5, 5.41) is 9.73. The van der Waals surface area contributed by atoms with Gasteiger partial charge in [-0.05, 0) is 59.9 Å². The molecule has 3 aliphatic heterocycles. The van der Waals surface area contributed by atoms with Gasteiger partial charge in [0, 0.05) is 56.6 Å². The molecule has 7 nitrogen and oxygen atoms in total. The summed E-state index contributed by atoms with van der Waals surface area (Å²) < 4.78 is 24.3. The maximum absolute atomic E-state index is 15.7. The molecule has 0 spiro atoms. The van der Waals surface area contributed by atoms with E-state index in [4.69, 9.17) is 10.2 Å². The van der Waals surface area contributed by atoms with Crippen molar-refractivity contribution >= 4 is 56.8 Å². The van der Waals surface area contributed by atoms with Crippen LogP contribution in [0.2, 0.25) is 0 Å². The molecule has 0 radical (unpaired) electrons. The second-order valence-electron chi connectivity index (χ2n) is 11.0. The molecule has 0 aliphatic carbocycles. The second kappa shape index (κ2) is 13.2. The largest absolute Gasteiger partial charge is 0.451 e. The van der Waals surface area contributed by atoms with Crippen molar-refractivity contribution in [1.82, 2.24) is 15.2 Å². The molecule has 0 unspecified atom stereocenters. The predicted molar refractivity (Wildman–Crippen MR) is 180 cm³/mol. The van der Waals surface area contributed by atoms with E-state index in [1.807, 2.05) is 44.4 Å². The van der Waals surface area contributed by atoms with Crippen LogP contribution in [0.1, 0.15) is 51.5 Å². The Morgan fingerprint density at radius 1 is 1.12 bits per heavy atom. The molecule has 0 amide bonds. The Kier molecular flexibility index (Phi) is 9.24. The summed E-state index contributed by atoms with van der Waals surface area (Å²) in [5.74, 6) is 0.587. The second-order valence-corrected chi connectivity index (χ2v) is 11.0. The van der Waals surface area contributed by atoms with E-state index in [1.165, 1.54) is 12.8 Å². The number of allylic oxidation sites excluding steroid dienone is 1. The minimum absolute atomic E-state index is 0.282. The lowest BCUT2D eigenvalue weighted by molar-refractivity contribution is 0.606. The van der Waals surface area contributed by atoms with Gasteiger partial charge in [-0.15, -0.1) is 0 Å². The first kappa shape index (κ1) is 30.0. The van der Waals surface area contributed by atoms with Crippen molar-refractivity contribution in [3.05, 3.63) is 71.3 Å². The minimum atomic E-state index is -0.282. The molecule has 226 valence electrons. The number of hydrogen-bond acceptors (Lipinski definition) is 4. The molecular weight excluding hydrogens is 539 g/mol. The first-order valence-electron chi connectivity index (χ1n) is 15.3. The van der Waals surface area contributed by atoms with Crippen LogP contribution in [-0.2, 0) is 0 Å². The molecule has 3 aromatic rings. The predicted octanol–water partition coefficient (Wildman–Crippen LogP) is 6.69. The molecule has 43 heavy (non-hydrogen) atoms. The standard InChI is InChI=1S/C28H26FN3O.C7H17N3/c1-3-8-23(30)21-16-32-24-13-18-9-4-5-10-19(18)14-25(24)33-28-26(32)20(17(21)2)15-22(29)27(28)31-11-6-7-12-31;1-4-5-6-10-7(8-2)9-3/h4-5,8-10,13-16H,2-3,6-7,11-12,30H2,1H3;4-6H2,1-3H3,(H2,8,9,10)/b23-8-;. The third-order valence-corrected chi connectivity index (χ3v) is 8.07. The summed E-state index contributed by atoms with van der Waals surface area (Å²) in [5.41, 5.74) is 11.4. The SMILES string of the molecule is C=c1c(/C(N)=C/CC)cn2c3cc4ccccc4cc3oc3c(N4CCCC4)c(F)cc1c3-2.CCCCNC(=NC)NC. The maximum atomic E-state index is 15.7. The van der Waals surface area contributed by atoms with Crippen molar-refractivity contribution in [3.8, 4) is 5.69 Å². The van der Waals surface area contributed by atoms with Crippen LogP contribution in [0.25, 0.3) is 50.8 Å². The van der Waals surface area contributed by atoms with E-state index in [1.54, 1.807) is 13.1 Å². The van der Waals surface area contributed by atoms with E-state index in [-0.39, 0.29) is 5.82 Å². The number of fused-ring (bicyclic) bond motifs is 3. The summed E-state index contributed by atoms with van der Waals surface area (Å²) in [6.07, 6.45) is 9.32. The first-order chi connectivity index (χ1) is 20.9. The van der Waals surface area contributed by atoms with Gasteiger partial charge in [-0.2, -0.15) is 0 Å². The van der Waals surface area contributed by atoms with Gasteiger partial charge < -0.3 is 30.3 Å². The van der Waals surface area contributed by atoms with E-state index in [2.05, 4.69) is 56.8 Å². The van der Waals surface area contributed by atoms with Crippen molar-refractivity contribution in [2.24, 2.45) is 10.7 Å². The highest BCUT2D eigenvalue weighted by Crippen LogP contribution is 2.40. The molecule has 1 saturated heterocycles. The van der Waals surface area contributed by atoms with Crippen molar-refractivity contribution < 1.29 is 8.81 Å². The third kappa shape index (κ3) is 5.91. The molecule has 0 saturated carbocycles.